The Morgan fingerprint density at radius 2 is 1.97 bits per heavy atom. The number of nitrogens with one attached hydrogen (secondary N) is 1. The van der Waals surface area contributed by atoms with Crippen LogP contribution < -0.4 is 10.1 Å². The molecule has 0 spiro atoms. The number of imide groups is 1. The summed E-state index contributed by atoms with van der Waals surface area (Å²) in [5.74, 6) is -1.03. The van der Waals surface area contributed by atoms with E-state index in [9.17, 15) is 19.5 Å². The van der Waals surface area contributed by atoms with Gasteiger partial charge in [0.05, 0.1) is 11.5 Å². The van der Waals surface area contributed by atoms with E-state index in [0.717, 1.165) is 4.90 Å². The van der Waals surface area contributed by atoms with E-state index < -0.39 is 23.6 Å². The molecular weight excluding hydrogens is 540 g/mol. The third-order valence-corrected chi connectivity index (χ3v) is 6.92. The van der Waals surface area contributed by atoms with Crippen LogP contribution in [-0.4, -0.2) is 40.2 Å². The maximum atomic E-state index is 12.7. The summed E-state index contributed by atoms with van der Waals surface area (Å²) < 4.78 is 6.51. The monoisotopic (exact) mass is 554 g/mol. The Kier molecular flexibility index (Phi) is 7.22. The van der Waals surface area contributed by atoms with Gasteiger partial charge < -0.3 is 15.2 Å². The van der Waals surface area contributed by atoms with Crippen molar-refractivity contribution in [2.24, 2.45) is 0 Å². The van der Waals surface area contributed by atoms with E-state index in [1.54, 1.807) is 37.3 Å². The lowest BCUT2D eigenvalue weighted by Gasteiger charge is -2.13. The fraction of sp³-hybridized carbons (Fsp3) is 0.150. The van der Waals surface area contributed by atoms with Crippen LogP contribution in [0.5, 0.6) is 11.5 Å². The molecule has 2 aromatic carbocycles. The summed E-state index contributed by atoms with van der Waals surface area (Å²) in [5, 5.41) is 12.6. The van der Waals surface area contributed by atoms with Crippen molar-refractivity contribution in [1.82, 2.24) is 4.90 Å². The van der Waals surface area contributed by atoms with Gasteiger partial charge in [0.2, 0.25) is 5.91 Å². The van der Waals surface area contributed by atoms with Crippen molar-refractivity contribution >= 4 is 72.4 Å². The second-order valence-corrected chi connectivity index (χ2v) is 8.69. The fourth-order valence-corrected chi connectivity index (χ4v) is 4.30. The van der Waals surface area contributed by atoms with Gasteiger partial charge in [-0.2, -0.15) is 0 Å². The smallest absolute Gasteiger partial charge is 0.294 e. The number of aromatic hydroxyl groups is 1. The van der Waals surface area contributed by atoms with Crippen LogP contribution in [0.1, 0.15) is 12.5 Å². The second kappa shape index (κ2) is 9.67. The van der Waals surface area contributed by atoms with Crippen molar-refractivity contribution in [2.45, 2.75) is 6.92 Å². The normalized spacial score (nSPS) is 15.0. The molecule has 10 heteroatoms. The summed E-state index contributed by atoms with van der Waals surface area (Å²) in [6.45, 7) is 1.71. The van der Waals surface area contributed by atoms with Crippen LogP contribution in [-0.2, 0) is 9.59 Å². The molecule has 0 aromatic heterocycles. The minimum absolute atomic E-state index is 0.0871. The van der Waals surface area contributed by atoms with Gasteiger partial charge in [-0.1, -0.05) is 18.2 Å². The lowest BCUT2D eigenvalue weighted by Crippen LogP contribution is -2.36. The van der Waals surface area contributed by atoms with Crippen molar-refractivity contribution in [2.75, 3.05) is 18.5 Å². The number of carbonyl (C=O) groups excluding carboxylic acids is 3. The standard InChI is InChI=1S/C20H16Br2N2O5S/c1-2-29-14-9-13(21)17(22)12(18(14)26)8-15-19(27)24(20(28)30-15)10-16(25)23-11-6-4-3-5-7-11/h3-9,26H,2,10H2,1H3,(H,23,25)/b15-8-. The lowest BCUT2D eigenvalue weighted by atomic mass is 10.1. The van der Waals surface area contributed by atoms with E-state index in [4.69, 9.17) is 4.74 Å². The van der Waals surface area contributed by atoms with Crippen LogP contribution in [0, 0.1) is 0 Å². The molecule has 1 aliphatic rings. The number of hydrogen-bond acceptors (Lipinski definition) is 6. The first kappa shape index (κ1) is 22.4. The maximum Gasteiger partial charge on any atom is 0.294 e. The predicted octanol–water partition coefficient (Wildman–Crippen LogP) is 4.99. The zero-order valence-electron chi connectivity index (χ0n) is 15.6. The Morgan fingerprint density at radius 3 is 2.63 bits per heavy atom. The molecule has 156 valence electrons. The van der Waals surface area contributed by atoms with Crippen molar-refractivity contribution in [3.05, 3.63) is 55.8 Å². The average Bonchev–Trinajstić information content (AvgIpc) is 2.97. The van der Waals surface area contributed by atoms with Crippen LogP contribution in [0.2, 0.25) is 0 Å². The Bertz CT molecular complexity index is 1040. The minimum atomic E-state index is -0.613. The van der Waals surface area contributed by atoms with E-state index in [-0.39, 0.29) is 22.0 Å². The first-order chi connectivity index (χ1) is 14.3. The number of phenols is 1. The molecular formula is C20H16Br2N2O5S. The van der Waals surface area contributed by atoms with Crippen molar-refractivity contribution < 1.29 is 24.2 Å². The molecule has 0 unspecified atom stereocenters. The van der Waals surface area contributed by atoms with Gasteiger partial charge in [-0.05, 0) is 74.8 Å². The molecule has 3 rings (SSSR count). The molecule has 0 saturated carbocycles. The van der Waals surface area contributed by atoms with Crippen molar-refractivity contribution in [3.8, 4) is 11.5 Å². The molecule has 2 aromatic rings. The molecule has 2 N–H and O–H groups in total. The zero-order valence-corrected chi connectivity index (χ0v) is 19.6. The van der Waals surface area contributed by atoms with Crippen LogP contribution in [0.3, 0.4) is 0 Å². The highest BCUT2D eigenvalue weighted by molar-refractivity contribution is 9.13. The highest BCUT2D eigenvalue weighted by atomic mass is 79.9. The number of para-hydroxylation sites is 1. The largest absolute Gasteiger partial charge is 0.504 e. The van der Waals surface area contributed by atoms with Gasteiger partial charge in [0.1, 0.15) is 6.54 Å². The third-order valence-electron chi connectivity index (χ3n) is 4.00. The van der Waals surface area contributed by atoms with Gasteiger partial charge in [0, 0.05) is 20.2 Å². The van der Waals surface area contributed by atoms with Crippen LogP contribution in [0.15, 0.2) is 50.2 Å². The number of ether oxygens (including phenoxy) is 1. The summed E-state index contributed by atoms with van der Waals surface area (Å²) >= 11 is 7.42. The number of rotatable bonds is 6. The summed E-state index contributed by atoms with van der Waals surface area (Å²) in [7, 11) is 0. The Labute approximate surface area is 193 Å². The maximum absolute atomic E-state index is 12.7. The number of anilines is 1. The molecule has 0 radical (unpaired) electrons. The zero-order chi connectivity index (χ0) is 21.8. The number of hydrogen-bond donors (Lipinski definition) is 2. The predicted molar refractivity (Wildman–Crippen MR) is 122 cm³/mol. The summed E-state index contributed by atoms with van der Waals surface area (Å²) in [6.07, 6.45) is 1.40. The molecule has 0 aliphatic carbocycles. The summed E-state index contributed by atoms with van der Waals surface area (Å²) in [6, 6.07) is 10.3. The first-order valence-corrected chi connectivity index (χ1v) is 11.2. The lowest BCUT2D eigenvalue weighted by molar-refractivity contribution is -0.127. The number of amides is 3. The van der Waals surface area contributed by atoms with E-state index in [1.807, 2.05) is 6.07 Å². The highest BCUT2D eigenvalue weighted by Gasteiger charge is 2.36. The Balaban J connectivity index is 1.82. The number of benzene rings is 2. The first-order valence-electron chi connectivity index (χ1n) is 8.75. The molecule has 30 heavy (non-hydrogen) atoms. The van der Waals surface area contributed by atoms with Gasteiger partial charge in [-0.3, -0.25) is 19.3 Å². The molecule has 1 saturated heterocycles. The molecule has 1 fully saturated rings. The fourth-order valence-electron chi connectivity index (χ4n) is 2.64. The second-order valence-electron chi connectivity index (χ2n) is 6.05. The minimum Gasteiger partial charge on any atom is -0.504 e. The van der Waals surface area contributed by atoms with E-state index in [1.165, 1.54) is 6.08 Å². The Morgan fingerprint density at radius 1 is 1.27 bits per heavy atom. The molecule has 1 aliphatic heterocycles. The third kappa shape index (κ3) is 4.88. The topological polar surface area (TPSA) is 95.9 Å². The van der Waals surface area contributed by atoms with Gasteiger partial charge in [-0.25, -0.2) is 0 Å². The number of nitrogens with zero attached hydrogens (tertiary/aromatic N) is 1. The van der Waals surface area contributed by atoms with Crippen molar-refractivity contribution in [3.63, 3.8) is 0 Å². The molecule has 7 nitrogen and oxygen atoms in total. The number of halogens is 2. The van der Waals surface area contributed by atoms with Crippen LogP contribution in [0.4, 0.5) is 10.5 Å². The number of carbonyl (C=O) groups is 3. The van der Waals surface area contributed by atoms with Gasteiger partial charge in [0.25, 0.3) is 11.1 Å². The molecule has 1 heterocycles. The van der Waals surface area contributed by atoms with Crippen LogP contribution >= 0.6 is 43.6 Å². The van der Waals surface area contributed by atoms with Crippen molar-refractivity contribution in [1.29, 1.82) is 0 Å². The number of thioether (sulfide) groups is 1. The Hall–Kier alpha value is -2.30. The van der Waals surface area contributed by atoms with Crippen LogP contribution in [0.25, 0.3) is 6.08 Å². The molecule has 0 bridgehead atoms. The van der Waals surface area contributed by atoms with Gasteiger partial charge in [-0.15, -0.1) is 0 Å². The summed E-state index contributed by atoms with van der Waals surface area (Å²) in [4.78, 5) is 38.2. The van der Waals surface area contributed by atoms with Gasteiger partial charge in [0.15, 0.2) is 11.5 Å². The van der Waals surface area contributed by atoms with E-state index in [2.05, 4.69) is 37.2 Å². The highest BCUT2D eigenvalue weighted by Crippen LogP contribution is 2.43. The summed E-state index contributed by atoms with van der Waals surface area (Å²) in [5.41, 5.74) is 0.850. The number of phenolic OH excluding ortho intramolecular Hbond substituents is 1. The van der Waals surface area contributed by atoms with E-state index in [0.29, 0.717) is 33.0 Å². The molecule has 3 amide bonds. The molecule has 0 atom stereocenters. The average molecular weight is 556 g/mol. The van der Waals surface area contributed by atoms with E-state index >= 15 is 0 Å². The van der Waals surface area contributed by atoms with Gasteiger partial charge >= 0.3 is 0 Å². The quantitative estimate of drug-likeness (QED) is 0.487. The SMILES string of the molecule is CCOc1cc(Br)c(Br)c(/C=C2\SC(=O)N(CC(=O)Nc3ccccc3)C2=O)c1O.